The Morgan fingerprint density at radius 3 is 2.70 bits per heavy atom. The molecule has 30 heavy (non-hydrogen) atoms. The van der Waals surface area contributed by atoms with Gasteiger partial charge >= 0.3 is 0 Å². The van der Waals surface area contributed by atoms with Gasteiger partial charge in [-0.2, -0.15) is 0 Å². The number of aromatic nitrogens is 2. The molecule has 3 aromatic rings. The van der Waals surface area contributed by atoms with Gasteiger partial charge in [-0.05, 0) is 36.8 Å². The highest BCUT2D eigenvalue weighted by Gasteiger charge is 2.20. The van der Waals surface area contributed by atoms with Crippen LogP contribution >= 0.6 is 11.8 Å². The van der Waals surface area contributed by atoms with Crippen molar-refractivity contribution in [3.63, 3.8) is 0 Å². The maximum Gasteiger partial charge on any atom is 0.242 e. The van der Waals surface area contributed by atoms with Crippen molar-refractivity contribution in [1.29, 1.82) is 0 Å². The fraction of sp³-hybridized carbons (Fsp3) is 0.238. The van der Waals surface area contributed by atoms with Gasteiger partial charge in [-0.1, -0.05) is 36.0 Å². The molecule has 0 saturated carbocycles. The fourth-order valence-electron chi connectivity index (χ4n) is 2.95. The Morgan fingerprint density at radius 1 is 1.27 bits per heavy atom. The van der Waals surface area contributed by atoms with Gasteiger partial charge in [-0.3, -0.25) is 4.79 Å². The van der Waals surface area contributed by atoms with Gasteiger partial charge in [0.05, 0.1) is 21.7 Å². The smallest absolute Gasteiger partial charge is 0.242 e. The number of fused-ring (bicyclic) bond motifs is 1. The minimum absolute atomic E-state index is 0.143. The summed E-state index contributed by atoms with van der Waals surface area (Å²) < 4.78 is 28.1. The van der Waals surface area contributed by atoms with Crippen LogP contribution in [0.25, 0.3) is 11.0 Å². The molecule has 9 heteroatoms. The minimum Gasteiger partial charge on any atom is -0.325 e. The topological polar surface area (TPSA) is 84.3 Å². The minimum atomic E-state index is -3.59. The molecule has 0 radical (unpaired) electrons. The molecule has 0 fully saturated rings. The summed E-state index contributed by atoms with van der Waals surface area (Å²) in [7, 11) is -0.637. The summed E-state index contributed by atoms with van der Waals surface area (Å²) in [5.74, 6) is -0.0985. The zero-order chi connectivity index (χ0) is 21.9. The van der Waals surface area contributed by atoms with Crippen LogP contribution in [0.2, 0.25) is 0 Å². The van der Waals surface area contributed by atoms with E-state index in [0.717, 1.165) is 20.5 Å². The number of nitrogens with one attached hydrogen (secondary N) is 1. The SMILES string of the molecule is C=CCn1c(SCC(=O)Nc2ccc(C)c(S(=O)(=O)N(C)C)c2)nc2ccccc21. The summed E-state index contributed by atoms with van der Waals surface area (Å²) in [5, 5.41) is 3.50. The standard InChI is InChI=1S/C21H24N4O3S2/c1-5-12-25-18-9-7-6-8-17(18)23-21(25)29-14-20(26)22-16-11-10-15(2)19(13-16)30(27,28)24(3)4/h5-11,13H,1,12,14H2,2-4H3,(H,22,26). The lowest BCUT2D eigenvalue weighted by molar-refractivity contribution is -0.113. The van der Waals surface area contributed by atoms with Crippen LogP contribution in [0, 0.1) is 6.92 Å². The summed E-state index contributed by atoms with van der Waals surface area (Å²) in [4.78, 5) is 17.3. The van der Waals surface area contributed by atoms with Crippen molar-refractivity contribution in [3.8, 4) is 0 Å². The number of anilines is 1. The normalized spacial score (nSPS) is 11.7. The number of benzene rings is 2. The van der Waals surface area contributed by atoms with E-state index in [4.69, 9.17) is 0 Å². The van der Waals surface area contributed by atoms with E-state index < -0.39 is 10.0 Å². The van der Waals surface area contributed by atoms with E-state index in [1.54, 1.807) is 25.1 Å². The summed E-state index contributed by atoms with van der Waals surface area (Å²) in [5.41, 5.74) is 2.90. The second-order valence-electron chi connectivity index (χ2n) is 6.89. The van der Waals surface area contributed by atoms with E-state index in [0.29, 0.717) is 17.8 Å². The highest BCUT2D eigenvalue weighted by molar-refractivity contribution is 7.99. The molecule has 0 aliphatic carbocycles. The second kappa shape index (κ2) is 9.03. The van der Waals surface area contributed by atoms with Gasteiger partial charge in [0.25, 0.3) is 0 Å². The molecule has 1 heterocycles. The summed E-state index contributed by atoms with van der Waals surface area (Å²) in [6.07, 6.45) is 1.79. The number of hydrogen-bond donors (Lipinski definition) is 1. The fourth-order valence-corrected chi connectivity index (χ4v) is 4.92. The molecule has 3 rings (SSSR count). The maximum absolute atomic E-state index is 12.5. The van der Waals surface area contributed by atoms with Crippen LogP contribution in [0.1, 0.15) is 5.56 Å². The largest absolute Gasteiger partial charge is 0.325 e. The number of thioether (sulfide) groups is 1. The summed E-state index contributed by atoms with van der Waals surface area (Å²) >= 11 is 1.32. The number of imidazole rings is 1. The molecule has 0 bridgehead atoms. The number of para-hydroxylation sites is 2. The van der Waals surface area contributed by atoms with Crippen molar-refractivity contribution in [2.75, 3.05) is 25.2 Å². The first-order valence-corrected chi connectivity index (χ1v) is 11.7. The molecule has 1 N–H and O–H groups in total. The van der Waals surface area contributed by atoms with E-state index in [-0.39, 0.29) is 16.6 Å². The number of allylic oxidation sites excluding steroid dienone is 1. The number of aryl methyl sites for hydroxylation is 1. The Kier molecular flexibility index (Phi) is 6.64. The molecule has 0 saturated heterocycles. The molecule has 2 aromatic carbocycles. The molecular formula is C21H24N4O3S2. The van der Waals surface area contributed by atoms with Crippen molar-refractivity contribution in [3.05, 3.63) is 60.7 Å². The van der Waals surface area contributed by atoms with Crippen molar-refractivity contribution in [2.24, 2.45) is 0 Å². The van der Waals surface area contributed by atoms with Gasteiger partial charge in [0.15, 0.2) is 5.16 Å². The first-order valence-electron chi connectivity index (χ1n) is 9.26. The van der Waals surface area contributed by atoms with Crippen LogP contribution in [-0.2, 0) is 21.4 Å². The summed E-state index contributed by atoms with van der Waals surface area (Å²) in [6, 6.07) is 12.6. The highest BCUT2D eigenvalue weighted by atomic mass is 32.2. The van der Waals surface area contributed by atoms with Crippen LogP contribution in [-0.4, -0.2) is 48.0 Å². The second-order valence-corrected chi connectivity index (χ2v) is 9.95. The predicted molar refractivity (Wildman–Crippen MR) is 121 cm³/mol. The number of carbonyl (C=O) groups is 1. The van der Waals surface area contributed by atoms with Crippen LogP contribution in [0.3, 0.4) is 0 Å². The Hall–Kier alpha value is -2.62. The van der Waals surface area contributed by atoms with E-state index in [9.17, 15) is 13.2 Å². The summed E-state index contributed by atoms with van der Waals surface area (Å²) in [6.45, 7) is 6.11. The lowest BCUT2D eigenvalue weighted by Gasteiger charge is -2.15. The Morgan fingerprint density at radius 2 is 2.00 bits per heavy atom. The van der Waals surface area contributed by atoms with Gasteiger partial charge in [-0.25, -0.2) is 17.7 Å². The lowest BCUT2D eigenvalue weighted by Crippen LogP contribution is -2.23. The molecule has 1 aromatic heterocycles. The Labute approximate surface area is 180 Å². The molecule has 7 nitrogen and oxygen atoms in total. The van der Waals surface area contributed by atoms with Gasteiger partial charge in [0.1, 0.15) is 0 Å². The number of rotatable bonds is 8. The van der Waals surface area contributed by atoms with Crippen molar-refractivity contribution in [2.45, 2.75) is 23.5 Å². The molecular weight excluding hydrogens is 420 g/mol. The molecule has 0 atom stereocenters. The highest BCUT2D eigenvalue weighted by Crippen LogP contribution is 2.25. The third kappa shape index (κ3) is 4.58. The first kappa shape index (κ1) is 22.1. The number of nitrogens with zero attached hydrogens (tertiary/aromatic N) is 3. The quantitative estimate of drug-likeness (QED) is 0.425. The first-order chi connectivity index (χ1) is 14.2. The van der Waals surface area contributed by atoms with Crippen LogP contribution < -0.4 is 5.32 Å². The predicted octanol–water partition coefficient (Wildman–Crippen LogP) is 3.51. The van der Waals surface area contributed by atoms with Gasteiger partial charge in [-0.15, -0.1) is 6.58 Å². The molecule has 158 valence electrons. The Balaban J connectivity index is 1.75. The van der Waals surface area contributed by atoms with Crippen LogP contribution in [0.5, 0.6) is 0 Å². The Bertz CT molecular complexity index is 1200. The number of sulfonamides is 1. The average Bonchev–Trinajstić information content (AvgIpc) is 3.05. The third-order valence-corrected chi connectivity index (χ3v) is 7.43. The van der Waals surface area contributed by atoms with E-state index in [2.05, 4.69) is 16.9 Å². The zero-order valence-corrected chi connectivity index (χ0v) is 18.8. The lowest BCUT2D eigenvalue weighted by atomic mass is 10.2. The zero-order valence-electron chi connectivity index (χ0n) is 17.1. The van der Waals surface area contributed by atoms with Crippen molar-refractivity contribution < 1.29 is 13.2 Å². The average molecular weight is 445 g/mol. The maximum atomic E-state index is 12.5. The third-order valence-electron chi connectivity index (χ3n) is 4.49. The molecule has 0 aliphatic rings. The number of amides is 1. The van der Waals surface area contributed by atoms with E-state index in [1.165, 1.54) is 31.9 Å². The van der Waals surface area contributed by atoms with Gasteiger partial charge < -0.3 is 9.88 Å². The molecule has 0 spiro atoms. The van der Waals surface area contributed by atoms with Crippen LogP contribution in [0.15, 0.2) is 65.2 Å². The number of carbonyl (C=O) groups excluding carboxylic acids is 1. The molecule has 0 unspecified atom stereocenters. The van der Waals surface area contributed by atoms with E-state index >= 15 is 0 Å². The molecule has 1 amide bonds. The van der Waals surface area contributed by atoms with Crippen molar-refractivity contribution >= 4 is 44.4 Å². The van der Waals surface area contributed by atoms with E-state index in [1.807, 2.05) is 28.8 Å². The van der Waals surface area contributed by atoms with Gasteiger partial charge in [0.2, 0.25) is 15.9 Å². The van der Waals surface area contributed by atoms with Crippen LogP contribution in [0.4, 0.5) is 5.69 Å². The van der Waals surface area contributed by atoms with Gasteiger partial charge in [0, 0.05) is 26.3 Å². The van der Waals surface area contributed by atoms with Crippen molar-refractivity contribution in [1.82, 2.24) is 13.9 Å². The monoisotopic (exact) mass is 444 g/mol. The molecule has 0 aliphatic heterocycles. The number of hydrogen-bond acceptors (Lipinski definition) is 5.